The summed E-state index contributed by atoms with van der Waals surface area (Å²) in [6, 6.07) is 0.409. The van der Waals surface area contributed by atoms with Gasteiger partial charge in [0.05, 0.1) is 0 Å². The van der Waals surface area contributed by atoms with Crippen LogP contribution in [0, 0.1) is 5.92 Å². The van der Waals surface area contributed by atoms with E-state index in [0.717, 1.165) is 42.4 Å². The molecule has 124 valence electrons. The predicted octanol–water partition coefficient (Wildman–Crippen LogP) is 3.02. The smallest absolute Gasteiger partial charge is 0.270 e. The monoisotopic (exact) mass is 314 g/mol. The van der Waals surface area contributed by atoms with Crippen molar-refractivity contribution in [2.45, 2.75) is 70.3 Å². The van der Waals surface area contributed by atoms with E-state index in [4.69, 9.17) is 4.98 Å². The number of hydrogen-bond donors (Lipinski definition) is 2. The van der Waals surface area contributed by atoms with E-state index in [1.807, 2.05) is 0 Å². The molecule has 2 aliphatic carbocycles. The fourth-order valence-electron chi connectivity index (χ4n) is 3.92. The molecule has 1 aliphatic heterocycles. The Morgan fingerprint density at radius 3 is 2.65 bits per heavy atom. The van der Waals surface area contributed by atoms with E-state index in [2.05, 4.69) is 22.5 Å². The molecule has 2 N–H and O–H groups in total. The van der Waals surface area contributed by atoms with Gasteiger partial charge in [-0.2, -0.15) is 0 Å². The zero-order valence-corrected chi connectivity index (χ0v) is 13.9. The van der Waals surface area contributed by atoms with E-state index in [-0.39, 0.29) is 5.91 Å². The zero-order valence-electron chi connectivity index (χ0n) is 13.9. The molecule has 0 bridgehead atoms. The summed E-state index contributed by atoms with van der Waals surface area (Å²) in [7, 11) is 0. The molecule has 2 fully saturated rings. The van der Waals surface area contributed by atoms with Crippen LogP contribution in [0.5, 0.6) is 0 Å². The summed E-state index contributed by atoms with van der Waals surface area (Å²) in [5.41, 5.74) is 1.62. The molecule has 3 aliphatic rings. The zero-order chi connectivity index (χ0) is 15.8. The van der Waals surface area contributed by atoms with E-state index in [9.17, 15) is 4.79 Å². The number of anilines is 1. The third-order valence-corrected chi connectivity index (χ3v) is 5.56. The molecule has 1 aromatic heterocycles. The molecule has 5 nitrogen and oxygen atoms in total. The molecule has 0 saturated heterocycles. The van der Waals surface area contributed by atoms with Crippen molar-refractivity contribution in [3.8, 4) is 0 Å². The fourth-order valence-corrected chi connectivity index (χ4v) is 3.92. The molecule has 4 rings (SSSR count). The molecule has 2 heterocycles. The summed E-state index contributed by atoms with van der Waals surface area (Å²) < 4.78 is 0. The number of carbonyl (C=O) groups excluding carboxylic acids is 1. The SMILES string of the molecule is C[C@@H](Nc1nc(C2CC2)nc2c1CCNC2=O)C1CCCCC1. The average molecular weight is 314 g/mol. The van der Waals surface area contributed by atoms with Crippen molar-refractivity contribution >= 4 is 11.7 Å². The minimum absolute atomic E-state index is 0.0380. The maximum atomic E-state index is 12.2. The van der Waals surface area contributed by atoms with Crippen molar-refractivity contribution in [3.63, 3.8) is 0 Å². The van der Waals surface area contributed by atoms with Crippen LogP contribution in [0.4, 0.5) is 5.82 Å². The van der Waals surface area contributed by atoms with Crippen LogP contribution < -0.4 is 10.6 Å². The molecule has 0 unspecified atom stereocenters. The maximum Gasteiger partial charge on any atom is 0.270 e. The van der Waals surface area contributed by atoms with E-state index < -0.39 is 0 Å². The van der Waals surface area contributed by atoms with Gasteiger partial charge >= 0.3 is 0 Å². The van der Waals surface area contributed by atoms with E-state index in [0.29, 0.717) is 24.2 Å². The summed E-state index contributed by atoms with van der Waals surface area (Å²) >= 11 is 0. The van der Waals surface area contributed by atoms with E-state index >= 15 is 0 Å². The highest BCUT2D eigenvalue weighted by molar-refractivity contribution is 5.96. The number of aromatic nitrogens is 2. The Morgan fingerprint density at radius 1 is 1.13 bits per heavy atom. The Morgan fingerprint density at radius 2 is 1.91 bits per heavy atom. The second kappa shape index (κ2) is 6.10. The second-order valence-corrected chi connectivity index (χ2v) is 7.37. The van der Waals surface area contributed by atoms with Gasteiger partial charge in [0.2, 0.25) is 0 Å². The lowest BCUT2D eigenvalue weighted by atomic mass is 9.84. The highest BCUT2D eigenvalue weighted by Gasteiger charge is 2.32. The molecular weight excluding hydrogens is 288 g/mol. The van der Waals surface area contributed by atoms with Crippen molar-refractivity contribution in [1.82, 2.24) is 15.3 Å². The number of rotatable bonds is 4. The van der Waals surface area contributed by atoms with Crippen LogP contribution in [0.25, 0.3) is 0 Å². The number of carbonyl (C=O) groups is 1. The summed E-state index contributed by atoms with van der Waals surface area (Å²) in [5.74, 6) is 2.92. The number of amides is 1. The van der Waals surface area contributed by atoms with Gasteiger partial charge in [-0.3, -0.25) is 4.79 Å². The Hall–Kier alpha value is -1.65. The average Bonchev–Trinajstić information content (AvgIpc) is 3.41. The van der Waals surface area contributed by atoms with Crippen LogP contribution in [-0.2, 0) is 6.42 Å². The summed E-state index contributed by atoms with van der Waals surface area (Å²) in [6.07, 6.45) is 9.79. The standard InChI is InChI=1S/C18H26N4O/c1-11(12-5-3-2-4-6-12)20-17-14-9-10-19-18(23)15(14)21-16(22-17)13-7-8-13/h11-13H,2-10H2,1H3,(H,19,23)(H,20,21,22)/t11-/m1/s1. The molecule has 0 spiro atoms. The lowest BCUT2D eigenvalue weighted by molar-refractivity contribution is 0.0940. The second-order valence-electron chi connectivity index (χ2n) is 7.37. The van der Waals surface area contributed by atoms with Crippen molar-refractivity contribution in [2.24, 2.45) is 5.92 Å². The van der Waals surface area contributed by atoms with Gasteiger partial charge in [-0.25, -0.2) is 9.97 Å². The molecule has 5 heteroatoms. The highest BCUT2D eigenvalue weighted by atomic mass is 16.1. The van der Waals surface area contributed by atoms with E-state index in [1.165, 1.54) is 32.1 Å². The number of fused-ring (bicyclic) bond motifs is 1. The number of hydrogen-bond acceptors (Lipinski definition) is 4. The van der Waals surface area contributed by atoms with Gasteiger partial charge in [0.25, 0.3) is 5.91 Å². The van der Waals surface area contributed by atoms with Gasteiger partial charge in [-0.15, -0.1) is 0 Å². The Bertz CT molecular complexity index is 605. The first-order valence-electron chi connectivity index (χ1n) is 9.18. The van der Waals surface area contributed by atoms with Crippen LogP contribution in [-0.4, -0.2) is 28.5 Å². The van der Waals surface area contributed by atoms with E-state index in [1.54, 1.807) is 0 Å². The summed E-state index contributed by atoms with van der Waals surface area (Å²) in [5, 5.41) is 6.56. The molecule has 1 aromatic rings. The first-order chi connectivity index (χ1) is 11.2. The Labute approximate surface area is 137 Å². The van der Waals surface area contributed by atoms with Crippen LogP contribution in [0.3, 0.4) is 0 Å². The molecule has 23 heavy (non-hydrogen) atoms. The minimum Gasteiger partial charge on any atom is -0.367 e. The van der Waals surface area contributed by atoms with Crippen molar-refractivity contribution in [1.29, 1.82) is 0 Å². The largest absolute Gasteiger partial charge is 0.367 e. The predicted molar refractivity (Wildman–Crippen MR) is 89.7 cm³/mol. The van der Waals surface area contributed by atoms with Gasteiger partial charge < -0.3 is 10.6 Å². The lowest BCUT2D eigenvalue weighted by Gasteiger charge is -2.30. The molecule has 0 radical (unpaired) electrons. The van der Waals surface area contributed by atoms with Gasteiger partial charge in [0, 0.05) is 24.1 Å². The van der Waals surface area contributed by atoms with Crippen LogP contribution in [0.1, 0.15) is 79.7 Å². The van der Waals surface area contributed by atoms with Gasteiger partial charge in [-0.05, 0) is 44.9 Å². The number of nitrogens with one attached hydrogen (secondary N) is 2. The summed E-state index contributed by atoms with van der Waals surface area (Å²) in [6.45, 7) is 2.95. The third-order valence-electron chi connectivity index (χ3n) is 5.56. The molecule has 0 aromatic carbocycles. The Balaban J connectivity index is 1.62. The van der Waals surface area contributed by atoms with Crippen LogP contribution in [0.2, 0.25) is 0 Å². The highest BCUT2D eigenvalue weighted by Crippen LogP contribution is 2.39. The number of nitrogens with zero attached hydrogens (tertiary/aromatic N) is 2. The quantitative estimate of drug-likeness (QED) is 0.896. The fraction of sp³-hybridized carbons (Fsp3) is 0.722. The normalized spacial score (nSPS) is 23.1. The third kappa shape index (κ3) is 3.06. The topological polar surface area (TPSA) is 66.9 Å². The molecule has 2 saturated carbocycles. The van der Waals surface area contributed by atoms with Gasteiger partial charge in [0.1, 0.15) is 17.3 Å². The van der Waals surface area contributed by atoms with Crippen molar-refractivity contribution in [2.75, 3.05) is 11.9 Å². The molecule has 1 amide bonds. The minimum atomic E-state index is -0.0380. The Kier molecular flexibility index (Phi) is 3.95. The first kappa shape index (κ1) is 14.9. The maximum absolute atomic E-state index is 12.2. The molecular formula is C18H26N4O. The van der Waals surface area contributed by atoms with Crippen LogP contribution in [0.15, 0.2) is 0 Å². The van der Waals surface area contributed by atoms with Crippen molar-refractivity contribution < 1.29 is 4.79 Å². The van der Waals surface area contributed by atoms with Crippen molar-refractivity contribution in [3.05, 3.63) is 17.1 Å². The summed E-state index contributed by atoms with van der Waals surface area (Å²) in [4.78, 5) is 21.6. The van der Waals surface area contributed by atoms with Gasteiger partial charge in [0.15, 0.2) is 0 Å². The lowest BCUT2D eigenvalue weighted by Crippen LogP contribution is -2.35. The van der Waals surface area contributed by atoms with Gasteiger partial charge in [-0.1, -0.05) is 19.3 Å². The molecule has 1 atom stereocenters. The first-order valence-corrected chi connectivity index (χ1v) is 9.18. The van der Waals surface area contributed by atoms with Crippen LogP contribution >= 0.6 is 0 Å².